The van der Waals surface area contributed by atoms with Crippen molar-refractivity contribution in [2.75, 3.05) is 11.9 Å². The quantitative estimate of drug-likeness (QED) is 0.901. The summed E-state index contributed by atoms with van der Waals surface area (Å²) in [5.74, 6) is 0.543. The largest absolute Gasteiger partial charge is 0.439 e. The van der Waals surface area contributed by atoms with E-state index in [2.05, 4.69) is 10.3 Å². The van der Waals surface area contributed by atoms with Gasteiger partial charge in [-0.3, -0.25) is 4.79 Å². The number of anilines is 1. The van der Waals surface area contributed by atoms with Crippen molar-refractivity contribution in [2.24, 2.45) is 0 Å². The first kappa shape index (κ1) is 13.3. The average Bonchev–Trinajstić information content (AvgIpc) is 2.43. The van der Waals surface area contributed by atoms with Crippen LogP contribution >= 0.6 is 11.6 Å². The zero-order valence-electron chi connectivity index (χ0n) is 9.84. The second kappa shape index (κ2) is 6.17. The Hall–Kier alpha value is -2.11. The molecule has 0 aliphatic carbocycles. The number of aliphatic hydroxyl groups excluding tert-OH is 1. The van der Waals surface area contributed by atoms with Gasteiger partial charge in [-0.15, -0.1) is 0 Å². The van der Waals surface area contributed by atoms with Crippen molar-refractivity contribution in [3.63, 3.8) is 0 Å². The Balaban J connectivity index is 2.02. The summed E-state index contributed by atoms with van der Waals surface area (Å²) in [6, 6.07) is 10.0. The molecule has 1 aromatic heterocycles. The van der Waals surface area contributed by atoms with E-state index in [1.165, 1.54) is 6.20 Å². The Morgan fingerprint density at radius 3 is 2.58 bits per heavy atom. The van der Waals surface area contributed by atoms with Gasteiger partial charge in [-0.2, -0.15) is 0 Å². The molecule has 98 valence electrons. The number of halogens is 1. The van der Waals surface area contributed by atoms with Gasteiger partial charge in [-0.1, -0.05) is 11.6 Å². The van der Waals surface area contributed by atoms with Crippen LogP contribution in [0, 0.1) is 0 Å². The van der Waals surface area contributed by atoms with Crippen LogP contribution in [0.25, 0.3) is 0 Å². The van der Waals surface area contributed by atoms with Gasteiger partial charge in [0.1, 0.15) is 12.4 Å². The van der Waals surface area contributed by atoms with Crippen LogP contribution in [0.4, 0.5) is 5.69 Å². The Morgan fingerprint density at radius 1 is 1.26 bits per heavy atom. The lowest BCUT2D eigenvalue weighted by molar-refractivity contribution is -0.118. The molecule has 6 heteroatoms. The molecular weight excluding hydrogens is 268 g/mol. The van der Waals surface area contributed by atoms with E-state index >= 15 is 0 Å². The molecule has 19 heavy (non-hydrogen) atoms. The zero-order valence-corrected chi connectivity index (χ0v) is 10.6. The number of nitrogens with one attached hydrogen (secondary N) is 1. The van der Waals surface area contributed by atoms with E-state index in [1.54, 1.807) is 36.4 Å². The number of nitrogens with zero attached hydrogens (tertiary/aromatic N) is 1. The standard InChI is InChI=1S/C13H11ClN2O3/c14-9-1-6-13(15-7-9)19-11-4-2-10(3-5-11)16-12(18)8-17/h1-7,17H,8H2,(H,16,18). The lowest BCUT2D eigenvalue weighted by atomic mass is 10.3. The highest BCUT2D eigenvalue weighted by atomic mass is 35.5. The van der Waals surface area contributed by atoms with Crippen molar-refractivity contribution in [2.45, 2.75) is 0 Å². The van der Waals surface area contributed by atoms with Crippen molar-refractivity contribution in [1.82, 2.24) is 4.98 Å². The fourth-order valence-electron chi connectivity index (χ4n) is 1.35. The van der Waals surface area contributed by atoms with Gasteiger partial charge in [-0.25, -0.2) is 4.98 Å². The molecule has 0 atom stereocenters. The predicted octanol–water partition coefficient (Wildman–Crippen LogP) is 2.46. The highest BCUT2D eigenvalue weighted by Gasteiger charge is 2.02. The Kier molecular flexibility index (Phi) is 4.33. The number of hydrogen-bond donors (Lipinski definition) is 2. The van der Waals surface area contributed by atoms with Crippen LogP contribution in [-0.4, -0.2) is 22.6 Å². The Bertz CT molecular complexity index is 555. The van der Waals surface area contributed by atoms with E-state index in [-0.39, 0.29) is 0 Å². The highest BCUT2D eigenvalue weighted by molar-refractivity contribution is 6.30. The van der Waals surface area contributed by atoms with E-state index in [9.17, 15) is 4.79 Å². The lowest BCUT2D eigenvalue weighted by Crippen LogP contribution is -2.15. The molecule has 2 N–H and O–H groups in total. The number of pyridine rings is 1. The molecule has 0 unspecified atom stereocenters. The van der Waals surface area contributed by atoms with E-state index in [4.69, 9.17) is 21.4 Å². The normalized spacial score (nSPS) is 10.0. The van der Waals surface area contributed by atoms with E-state index in [0.29, 0.717) is 22.3 Å². The van der Waals surface area contributed by atoms with Gasteiger partial charge in [0.15, 0.2) is 0 Å². The minimum absolute atomic E-state index is 0.427. The smallest absolute Gasteiger partial charge is 0.250 e. The molecule has 5 nitrogen and oxygen atoms in total. The Morgan fingerprint density at radius 2 is 2.00 bits per heavy atom. The van der Waals surface area contributed by atoms with Crippen LogP contribution in [0.5, 0.6) is 11.6 Å². The fourth-order valence-corrected chi connectivity index (χ4v) is 1.46. The second-order valence-electron chi connectivity index (χ2n) is 3.65. The SMILES string of the molecule is O=C(CO)Nc1ccc(Oc2ccc(Cl)cn2)cc1. The molecular formula is C13H11ClN2O3. The van der Waals surface area contributed by atoms with Crippen molar-refractivity contribution in [3.8, 4) is 11.6 Å². The van der Waals surface area contributed by atoms with Crippen LogP contribution in [0.15, 0.2) is 42.6 Å². The van der Waals surface area contributed by atoms with Crippen LogP contribution in [-0.2, 0) is 4.79 Å². The van der Waals surface area contributed by atoms with Gasteiger partial charge >= 0.3 is 0 Å². The molecule has 2 aromatic rings. The third-order valence-corrected chi connectivity index (χ3v) is 2.43. The monoisotopic (exact) mass is 278 g/mol. The number of carbonyl (C=O) groups is 1. The Labute approximate surface area is 114 Å². The molecule has 0 fully saturated rings. The summed E-state index contributed by atoms with van der Waals surface area (Å²) in [5.41, 5.74) is 0.579. The number of ether oxygens (including phenoxy) is 1. The topological polar surface area (TPSA) is 71.5 Å². The first-order valence-electron chi connectivity index (χ1n) is 5.47. The number of rotatable bonds is 4. The van der Waals surface area contributed by atoms with E-state index in [0.717, 1.165) is 0 Å². The van der Waals surface area contributed by atoms with E-state index < -0.39 is 12.5 Å². The van der Waals surface area contributed by atoms with Crippen LogP contribution in [0.2, 0.25) is 5.02 Å². The minimum atomic E-state index is -0.549. The molecule has 0 saturated carbocycles. The van der Waals surface area contributed by atoms with Crippen molar-refractivity contribution < 1.29 is 14.6 Å². The van der Waals surface area contributed by atoms with Gasteiger partial charge in [-0.05, 0) is 30.3 Å². The van der Waals surface area contributed by atoms with Crippen molar-refractivity contribution in [3.05, 3.63) is 47.6 Å². The summed E-state index contributed by atoms with van der Waals surface area (Å²) >= 11 is 5.72. The summed E-state index contributed by atoms with van der Waals surface area (Å²) in [5, 5.41) is 11.7. The van der Waals surface area contributed by atoms with Gasteiger partial charge in [0.05, 0.1) is 5.02 Å². The third-order valence-electron chi connectivity index (χ3n) is 2.20. The molecule has 0 bridgehead atoms. The minimum Gasteiger partial charge on any atom is -0.439 e. The molecule has 1 aromatic carbocycles. The average molecular weight is 279 g/mol. The number of carbonyl (C=O) groups excluding carboxylic acids is 1. The summed E-state index contributed by atoms with van der Waals surface area (Å²) in [4.78, 5) is 15.0. The number of aromatic nitrogens is 1. The molecule has 0 radical (unpaired) electrons. The lowest BCUT2D eigenvalue weighted by Gasteiger charge is -2.06. The van der Waals surface area contributed by atoms with Crippen LogP contribution in [0.3, 0.4) is 0 Å². The van der Waals surface area contributed by atoms with Crippen LogP contribution in [0.1, 0.15) is 0 Å². The predicted molar refractivity (Wildman–Crippen MR) is 71.5 cm³/mol. The first-order chi connectivity index (χ1) is 9.17. The maximum atomic E-state index is 11.0. The summed E-state index contributed by atoms with van der Waals surface area (Å²) in [6.07, 6.45) is 1.49. The maximum Gasteiger partial charge on any atom is 0.250 e. The molecule has 0 aliphatic rings. The van der Waals surface area contributed by atoms with Crippen LogP contribution < -0.4 is 10.1 Å². The molecule has 1 amide bonds. The zero-order chi connectivity index (χ0) is 13.7. The molecule has 0 spiro atoms. The van der Waals surface area contributed by atoms with Gasteiger partial charge < -0.3 is 15.2 Å². The molecule has 1 heterocycles. The summed E-state index contributed by atoms with van der Waals surface area (Å²) < 4.78 is 5.49. The number of aliphatic hydroxyl groups is 1. The second-order valence-corrected chi connectivity index (χ2v) is 4.08. The maximum absolute atomic E-state index is 11.0. The van der Waals surface area contributed by atoms with Crippen molar-refractivity contribution >= 4 is 23.2 Å². The molecule has 0 aliphatic heterocycles. The highest BCUT2D eigenvalue weighted by Crippen LogP contribution is 2.22. The third kappa shape index (κ3) is 3.94. The first-order valence-corrected chi connectivity index (χ1v) is 5.85. The van der Waals surface area contributed by atoms with Gasteiger partial charge in [0, 0.05) is 18.0 Å². The summed E-state index contributed by atoms with van der Waals surface area (Å²) in [7, 11) is 0. The number of amides is 1. The molecule has 0 saturated heterocycles. The number of benzene rings is 1. The summed E-state index contributed by atoms with van der Waals surface area (Å²) in [6.45, 7) is -0.549. The van der Waals surface area contributed by atoms with E-state index in [1.807, 2.05) is 0 Å². The number of hydrogen-bond acceptors (Lipinski definition) is 4. The van der Waals surface area contributed by atoms with Gasteiger partial charge in [0.25, 0.3) is 0 Å². The van der Waals surface area contributed by atoms with Crippen molar-refractivity contribution in [1.29, 1.82) is 0 Å². The molecule has 2 rings (SSSR count). The van der Waals surface area contributed by atoms with Gasteiger partial charge in [0.2, 0.25) is 11.8 Å². The fraction of sp³-hybridized carbons (Fsp3) is 0.0769.